The molecule has 1 fully saturated rings. The number of ether oxygens (including phenoxy) is 1. The van der Waals surface area contributed by atoms with Gasteiger partial charge in [0.05, 0.1) is 0 Å². The molecule has 17 heavy (non-hydrogen) atoms. The molecule has 5 heteroatoms. The fourth-order valence-electron chi connectivity index (χ4n) is 2.29. The molecular formula is C12H20N4O. The van der Waals surface area contributed by atoms with Gasteiger partial charge in [0, 0.05) is 13.1 Å². The Morgan fingerprint density at radius 3 is 2.94 bits per heavy atom. The molecule has 0 amide bonds. The minimum atomic E-state index is 0.246. The number of nitrogens with zero attached hydrogens (tertiary/aromatic N) is 2. The molecule has 1 aliphatic carbocycles. The van der Waals surface area contributed by atoms with Gasteiger partial charge < -0.3 is 15.8 Å². The van der Waals surface area contributed by atoms with Crippen molar-refractivity contribution in [3.05, 3.63) is 6.07 Å². The minimum absolute atomic E-state index is 0.246. The second-order valence-corrected chi connectivity index (χ2v) is 4.71. The number of rotatable bonds is 3. The van der Waals surface area contributed by atoms with Crippen LogP contribution >= 0.6 is 0 Å². The highest BCUT2D eigenvalue weighted by Crippen LogP contribution is 2.27. The van der Waals surface area contributed by atoms with Crippen LogP contribution in [0.4, 0.5) is 11.8 Å². The lowest BCUT2D eigenvalue weighted by Gasteiger charge is -2.26. The Balaban J connectivity index is 2.04. The molecule has 3 N–H and O–H groups in total. The summed E-state index contributed by atoms with van der Waals surface area (Å²) in [6, 6.07) is 1.79. The zero-order chi connectivity index (χ0) is 12.3. The molecule has 1 aromatic rings. The van der Waals surface area contributed by atoms with Gasteiger partial charge in [-0.05, 0) is 25.2 Å². The summed E-state index contributed by atoms with van der Waals surface area (Å²) in [5.41, 5.74) is 5.63. The summed E-state index contributed by atoms with van der Waals surface area (Å²) in [5.74, 6) is 2.24. The van der Waals surface area contributed by atoms with E-state index in [1.165, 1.54) is 12.8 Å². The Morgan fingerprint density at radius 2 is 2.24 bits per heavy atom. The maximum absolute atomic E-state index is 5.88. The van der Waals surface area contributed by atoms with Crippen molar-refractivity contribution in [1.29, 1.82) is 0 Å². The SMILES string of the molecule is CNc1cc(OC2CCCC(C)C2)nc(N)n1. The van der Waals surface area contributed by atoms with Crippen molar-refractivity contribution >= 4 is 11.8 Å². The van der Waals surface area contributed by atoms with Crippen LogP contribution in [0.5, 0.6) is 5.88 Å². The molecule has 1 aromatic heterocycles. The average molecular weight is 236 g/mol. The van der Waals surface area contributed by atoms with E-state index in [4.69, 9.17) is 10.5 Å². The van der Waals surface area contributed by atoms with Crippen LogP contribution in [0.15, 0.2) is 6.07 Å². The second-order valence-electron chi connectivity index (χ2n) is 4.71. The molecule has 1 heterocycles. The van der Waals surface area contributed by atoms with Gasteiger partial charge in [-0.3, -0.25) is 0 Å². The molecule has 1 aliphatic rings. The van der Waals surface area contributed by atoms with E-state index >= 15 is 0 Å². The van der Waals surface area contributed by atoms with Crippen LogP contribution < -0.4 is 15.8 Å². The van der Waals surface area contributed by atoms with Gasteiger partial charge in [0.25, 0.3) is 0 Å². The van der Waals surface area contributed by atoms with Gasteiger partial charge in [0.2, 0.25) is 11.8 Å². The first-order valence-electron chi connectivity index (χ1n) is 6.16. The van der Waals surface area contributed by atoms with Crippen molar-refractivity contribution in [3.63, 3.8) is 0 Å². The first-order chi connectivity index (χ1) is 8.17. The van der Waals surface area contributed by atoms with E-state index in [1.54, 1.807) is 13.1 Å². The van der Waals surface area contributed by atoms with Gasteiger partial charge in [0.15, 0.2) is 0 Å². The molecule has 0 saturated heterocycles. The third-order valence-electron chi connectivity index (χ3n) is 3.15. The van der Waals surface area contributed by atoms with E-state index in [0.29, 0.717) is 11.7 Å². The summed E-state index contributed by atoms with van der Waals surface area (Å²) in [5, 5.41) is 2.94. The van der Waals surface area contributed by atoms with Crippen molar-refractivity contribution in [2.45, 2.75) is 38.7 Å². The molecule has 0 spiro atoms. The Hall–Kier alpha value is -1.52. The number of hydrogen-bond acceptors (Lipinski definition) is 5. The van der Waals surface area contributed by atoms with Crippen LogP contribution in [0.1, 0.15) is 32.6 Å². The summed E-state index contributed by atoms with van der Waals surface area (Å²) in [6.07, 6.45) is 4.98. The number of nitrogens with one attached hydrogen (secondary N) is 1. The summed E-state index contributed by atoms with van der Waals surface area (Å²) in [7, 11) is 1.80. The zero-order valence-corrected chi connectivity index (χ0v) is 10.4. The van der Waals surface area contributed by atoms with E-state index in [1.807, 2.05) is 0 Å². The number of anilines is 2. The molecule has 5 nitrogen and oxygen atoms in total. The molecule has 0 aromatic carbocycles. The van der Waals surface area contributed by atoms with Gasteiger partial charge >= 0.3 is 0 Å². The first kappa shape index (κ1) is 12.0. The van der Waals surface area contributed by atoms with Gasteiger partial charge in [0.1, 0.15) is 11.9 Å². The standard InChI is InChI=1S/C12H20N4O/c1-8-4-3-5-9(6-8)17-11-7-10(14-2)15-12(13)16-11/h7-9H,3-6H2,1-2H3,(H3,13,14,15,16). The summed E-state index contributed by atoms with van der Waals surface area (Å²) >= 11 is 0. The quantitative estimate of drug-likeness (QED) is 0.840. The van der Waals surface area contributed by atoms with E-state index < -0.39 is 0 Å². The molecule has 2 atom stereocenters. The lowest BCUT2D eigenvalue weighted by molar-refractivity contribution is 0.124. The lowest BCUT2D eigenvalue weighted by atomic mass is 9.89. The highest BCUT2D eigenvalue weighted by Gasteiger charge is 2.20. The summed E-state index contributed by atoms with van der Waals surface area (Å²) in [6.45, 7) is 2.27. The minimum Gasteiger partial charge on any atom is -0.474 e. The second kappa shape index (κ2) is 5.21. The Labute approximate surface area is 102 Å². The van der Waals surface area contributed by atoms with Crippen LogP contribution in [0, 0.1) is 5.92 Å². The number of nitrogens with two attached hydrogens (primary N) is 1. The molecule has 2 unspecified atom stereocenters. The number of aromatic nitrogens is 2. The summed E-state index contributed by atoms with van der Waals surface area (Å²) < 4.78 is 5.88. The lowest BCUT2D eigenvalue weighted by Crippen LogP contribution is -2.24. The van der Waals surface area contributed by atoms with Crippen LogP contribution in [-0.2, 0) is 0 Å². The Kier molecular flexibility index (Phi) is 3.66. The van der Waals surface area contributed by atoms with Crippen LogP contribution in [0.3, 0.4) is 0 Å². The van der Waals surface area contributed by atoms with E-state index in [0.717, 1.165) is 18.8 Å². The third kappa shape index (κ3) is 3.22. The maximum Gasteiger partial charge on any atom is 0.225 e. The summed E-state index contributed by atoms with van der Waals surface area (Å²) in [4.78, 5) is 8.14. The number of hydrogen-bond donors (Lipinski definition) is 2. The van der Waals surface area contributed by atoms with E-state index in [-0.39, 0.29) is 12.1 Å². The van der Waals surface area contributed by atoms with Crippen LogP contribution in [0.25, 0.3) is 0 Å². The van der Waals surface area contributed by atoms with Crippen molar-refractivity contribution < 1.29 is 4.74 Å². The molecule has 1 saturated carbocycles. The van der Waals surface area contributed by atoms with E-state index in [2.05, 4.69) is 22.2 Å². The average Bonchev–Trinajstić information content (AvgIpc) is 2.28. The molecule has 2 rings (SSSR count). The largest absolute Gasteiger partial charge is 0.474 e. The normalized spacial score (nSPS) is 24.4. The zero-order valence-electron chi connectivity index (χ0n) is 10.4. The Morgan fingerprint density at radius 1 is 1.41 bits per heavy atom. The molecule has 94 valence electrons. The third-order valence-corrected chi connectivity index (χ3v) is 3.15. The van der Waals surface area contributed by atoms with Crippen molar-refractivity contribution in [3.8, 4) is 5.88 Å². The predicted molar refractivity (Wildman–Crippen MR) is 68.0 cm³/mol. The van der Waals surface area contributed by atoms with Gasteiger partial charge in [-0.1, -0.05) is 13.3 Å². The van der Waals surface area contributed by atoms with Crippen LogP contribution in [-0.4, -0.2) is 23.1 Å². The molecule has 0 aliphatic heterocycles. The Bertz CT molecular complexity index is 383. The van der Waals surface area contributed by atoms with Gasteiger partial charge in [-0.15, -0.1) is 0 Å². The van der Waals surface area contributed by atoms with Crippen LogP contribution in [0.2, 0.25) is 0 Å². The van der Waals surface area contributed by atoms with Crippen molar-refractivity contribution in [2.24, 2.45) is 5.92 Å². The smallest absolute Gasteiger partial charge is 0.225 e. The van der Waals surface area contributed by atoms with Crippen molar-refractivity contribution in [1.82, 2.24) is 9.97 Å². The van der Waals surface area contributed by atoms with Gasteiger partial charge in [-0.2, -0.15) is 9.97 Å². The maximum atomic E-state index is 5.88. The topological polar surface area (TPSA) is 73.1 Å². The monoisotopic (exact) mass is 236 g/mol. The van der Waals surface area contributed by atoms with Crippen molar-refractivity contribution in [2.75, 3.05) is 18.1 Å². The molecule has 0 radical (unpaired) electrons. The highest BCUT2D eigenvalue weighted by molar-refractivity contribution is 5.42. The highest BCUT2D eigenvalue weighted by atomic mass is 16.5. The first-order valence-corrected chi connectivity index (χ1v) is 6.16. The predicted octanol–water partition coefficient (Wildman–Crippen LogP) is 2.06. The van der Waals surface area contributed by atoms with Gasteiger partial charge in [-0.25, -0.2) is 0 Å². The number of nitrogen functional groups attached to an aromatic ring is 1. The fraction of sp³-hybridized carbons (Fsp3) is 0.667. The molecular weight excluding hydrogens is 216 g/mol. The fourth-order valence-corrected chi connectivity index (χ4v) is 2.29. The van der Waals surface area contributed by atoms with E-state index in [9.17, 15) is 0 Å². The molecule has 0 bridgehead atoms.